The normalized spacial score (nSPS) is 16.7. The first kappa shape index (κ1) is 34.0. The molecular formula is C39H40N2O9. The average molecular weight is 681 g/mol. The molecule has 0 saturated heterocycles. The molecule has 4 aromatic rings. The summed E-state index contributed by atoms with van der Waals surface area (Å²) < 4.78 is 39.3. The number of benzene rings is 4. The van der Waals surface area contributed by atoms with E-state index in [1.54, 1.807) is 36.3 Å². The van der Waals surface area contributed by atoms with Gasteiger partial charge in [0.1, 0.15) is 5.75 Å². The second-order valence-corrected chi connectivity index (χ2v) is 11.8. The zero-order valence-corrected chi connectivity index (χ0v) is 29.1. The molecule has 0 radical (unpaired) electrons. The molecule has 2 atom stereocenters. The Balaban J connectivity index is 1.61. The molecule has 11 heteroatoms. The summed E-state index contributed by atoms with van der Waals surface area (Å²) in [5, 5.41) is 3.58. The quantitative estimate of drug-likeness (QED) is 0.189. The number of anilines is 2. The van der Waals surface area contributed by atoms with Crippen molar-refractivity contribution >= 4 is 23.1 Å². The van der Waals surface area contributed by atoms with Crippen molar-refractivity contribution in [3.8, 4) is 40.2 Å². The maximum absolute atomic E-state index is 15.1. The van der Waals surface area contributed by atoms with Crippen molar-refractivity contribution in [2.24, 2.45) is 0 Å². The van der Waals surface area contributed by atoms with Gasteiger partial charge in [0.05, 0.1) is 67.2 Å². The van der Waals surface area contributed by atoms with Crippen LogP contribution >= 0.6 is 0 Å². The number of para-hydroxylation sites is 2. The predicted molar refractivity (Wildman–Crippen MR) is 189 cm³/mol. The van der Waals surface area contributed by atoms with Crippen LogP contribution in [0.1, 0.15) is 46.3 Å². The summed E-state index contributed by atoms with van der Waals surface area (Å²) in [7, 11) is 10.7. The van der Waals surface area contributed by atoms with Gasteiger partial charge in [-0.3, -0.25) is 14.5 Å². The van der Waals surface area contributed by atoms with E-state index in [-0.39, 0.29) is 23.7 Å². The number of Topliss-reactive ketones (excluding diaryl/α,β-unsaturated/α-hetero) is 1. The topological polar surface area (TPSA) is 114 Å². The summed E-state index contributed by atoms with van der Waals surface area (Å²) in [5.74, 6) is 2.26. The number of rotatable bonds is 10. The van der Waals surface area contributed by atoms with E-state index in [0.29, 0.717) is 69.1 Å². The third-order valence-electron chi connectivity index (χ3n) is 9.21. The van der Waals surface area contributed by atoms with Gasteiger partial charge in [0, 0.05) is 23.3 Å². The molecule has 11 nitrogen and oxygen atoms in total. The van der Waals surface area contributed by atoms with Crippen molar-refractivity contribution in [3.63, 3.8) is 0 Å². The maximum Gasteiger partial charge on any atom is 0.259 e. The molecule has 50 heavy (non-hydrogen) atoms. The molecule has 0 spiro atoms. The highest BCUT2D eigenvalue weighted by atomic mass is 16.5. The molecule has 1 aliphatic carbocycles. The van der Waals surface area contributed by atoms with Crippen LogP contribution in [0, 0.1) is 0 Å². The molecule has 2 aliphatic rings. The smallest absolute Gasteiger partial charge is 0.259 e. The number of carbonyl (C=O) groups excluding carboxylic acids is 2. The van der Waals surface area contributed by atoms with Gasteiger partial charge in [-0.1, -0.05) is 24.3 Å². The molecule has 0 saturated carbocycles. The zero-order valence-electron chi connectivity index (χ0n) is 29.1. The summed E-state index contributed by atoms with van der Waals surface area (Å²) in [6, 6.07) is 21.1. The number of amides is 1. The van der Waals surface area contributed by atoms with E-state index in [2.05, 4.69) is 5.32 Å². The Morgan fingerprint density at radius 3 is 1.76 bits per heavy atom. The monoisotopic (exact) mass is 680 g/mol. The van der Waals surface area contributed by atoms with Gasteiger partial charge < -0.3 is 38.5 Å². The lowest BCUT2D eigenvalue weighted by Crippen LogP contribution is -2.38. The number of methoxy groups -OCH3 is 7. The number of ketones is 1. The van der Waals surface area contributed by atoms with Crippen molar-refractivity contribution in [2.75, 3.05) is 60.0 Å². The van der Waals surface area contributed by atoms with E-state index in [1.165, 1.54) is 42.7 Å². The summed E-state index contributed by atoms with van der Waals surface area (Å²) in [6.07, 6.45) is 0.755. The average Bonchev–Trinajstić information content (AvgIpc) is 3.31. The summed E-state index contributed by atoms with van der Waals surface area (Å²) in [4.78, 5) is 31.4. The number of carbonyl (C=O) groups is 2. The molecule has 0 fully saturated rings. The van der Waals surface area contributed by atoms with Crippen LogP contribution in [-0.4, -0.2) is 61.5 Å². The lowest BCUT2D eigenvalue weighted by molar-refractivity contribution is -0.116. The van der Waals surface area contributed by atoms with E-state index in [4.69, 9.17) is 33.2 Å². The van der Waals surface area contributed by atoms with Gasteiger partial charge >= 0.3 is 0 Å². The van der Waals surface area contributed by atoms with Crippen molar-refractivity contribution in [3.05, 3.63) is 101 Å². The van der Waals surface area contributed by atoms with Gasteiger partial charge in [0.2, 0.25) is 11.5 Å². The Kier molecular flexibility index (Phi) is 9.76. The molecule has 0 bridgehead atoms. The largest absolute Gasteiger partial charge is 0.497 e. The molecule has 1 aliphatic heterocycles. The van der Waals surface area contributed by atoms with Crippen LogP contribution in [0.5, 0.6) is 40.2 Å². The minimum Gasteiger partial charge on any atom is -0.497 e. The van der Waals surface area contributed by atoms with E-state index >= 15 is 4.79 Å². The van der Waals surface area contributed by atoms with Crippen LogP contribution < -0.4 is 43.4 Å². The molecule has 1 heterocycles. The molecule has 1 amide bonds. The third-order valence-corrected chi connectivity index (χ3v) is 9.21. The molecule has 1 N–H and O–H groups in total. The van der Waals surface area contributed by atoms with Gasteiger partial charge in [-0.05, 0) is 72.0 Å². The van der Waals surface area contributed by atoms with Crippen molar-refractivity contribution in [1.29, 1.82) is 0 Å². The first-order valence-electron chi connectivity index (χ1n) is 16.0. The third kappa shape index (κ3) is 5.99. The van der Waals surface area contributed by atoms with E-state index in [9.17, 15) is 4.79 Å². The molecule has 2 unspecified atom stereocenters. The highest BCUT2D eigenvalue weighted by Crippen LogP contribution is 2.51. The van der Waals surface area contributed by atoms with E-state index < -0.39 is 11.9 Å². The number of ether oxygens (including phenoxy) is 7. The Hall–Kier alpha value is -5.84. The van der Waals surface area contributed by atoms with Crippen molar-refractivity contribution in [1.82, 2.24) is 0 Å². The Morgan fingerprint density at radius 2 is 1.22 bits per heavy atom. The van der Waals surface area contributed by atoms with Crippen LogP contribution in [0.4, 0.5) is 11.4 Å². The lowest BCUT2D eigenvalue weighted by Gasteiger charge is -2.35. The number of allylic oxidation sites excluding steroid dienone is 1. The van der Waals surface area contributed by atoms with Crippen molar-refractivity contribution in [2.45, 2.75) is 24.8 Å². The number of hydrogen-bond acceptors (Lipinski definition) is 10. The fraction of sp³-hybridized carbons (Fsp3) is 0.282. The summed E-state index contributed by atoms with van der Waals surface area (Å²) in [6.45, 7) is 0. The fourth-order valence-corrected chi connectivity index (χ4v) is 6.84. The van der Waals surface area contributed by atoms with E-state index in [1.807, 2.05) is 48.5 Å². The Labute approximate surface area is 291 Å². The first-order valence-corrected chi connectivity index (χ1v) is 16.0. The van der Waals surface area contributed by atoms with Crippen LogP contribution in [0.2, 0.25) is 0 Å². The second kappa shape index (κ2) is 14.3. The van der Waals surface area contributed by atoms with Crippen LogP contribution in [-0.2, 0) is 4.79 Å². The van der Waals surface area contributed by atoms with Crippen LogP contribution in [0.3, 0.4) is 0 Å². The molecule has 0 aromatic heterocycles. The highest BCUT2D eigenvalue weighted by Gasteiger charge is 2.43. The molecular weight excluding hydrogens is 640 g/mol. The van der Waals surface area contributed by atoms with Gasteiger partial charge in [-0.15, -0.1) is 0 Å². The highest BCUT2D eigenvalue weighted by molar-refractivity contribution is 6.12. The number of fused-ring (bicyclic) bond motifs is 1. The van der Waals surface area contributed by atoms with Gasteiger partial charge in [-0.2, -0.15) is 0 Å². The number of nitrogens with zero attached hydrogens (tertiary/aromatic N) is 1. The van der Waals surface area contributed by atoms with Gasteiger partial charge in [0.25, 0.3) is 5.91 Å². The summed E-state index contributed by atoms with van der Waals surface area (Å²) >= 11 is 0. The number of nitrogens with one attached hydrogen (secondary N) is 1. The fourth-order valence-electron chi connectivity index (χ4n) is 6.84. The van der Waals surface area contributed by atoms with Gasteiger partial charge in [0.15, 0.2) is 28.8 Å². The molecule has 6 rings (SSSR count). The molecule has 260 valence electrons. The minimum atomic E-state index is -0.911. The standard InChI is InChI=1S/C39H40N2O9/c1-44-26-14-12-22(13-15-26)23-16-28-35(30(42)17-23)36(24-18-31(45-2)37(49-6)32(19-24)46-3)41(29-11-9-8-10-27(29)40-28)39(43)25-20-33(47-4)38(50-7)34(21-25)48-5/h8-15,18-21,23,36,40H,16-17H2,1-7H3. The van der Waals surface area contributed by atoms with Crippen molar-refractivity contribution < 1.29 is 42.7 Å². The second-order valence-electron chi connectivity index (χ2n) is 11.8. The summed E-state index contributed by atoms with van der Waals surface area (Å²) in [5.41, 5.74) is 4.26. The maximum atomic E-state index is 15.1. The first-order chi connectivity index (χ1) is 24.3. The Morgan fingerprint density at radius 1 is 0.660 bits per heavy atom. The lowest BCUT2D eigenvalue weighted by atomic mass is 9.78. The zero-order chi connectivity index (χ0) is 35.5. The number of hydrogen-bond donors (Lipinski definition) is 1. The van der Waals surface area contributed by atoms with Gasteiger partial charge in [-0.25, -0.2) is 0 Å². The predicted octanol–water partition coefficient (Wildman–Crippen LogP) is 6.96. The Bertz CT molecular complexity index is 1900. The van der Waals surface area contributed by atoms with Crippen LogP contribution in [0.15, 0.2) is 84.1 Å². The van der Waals surface area contributed by atoms with E-state index in [0.717, 1.165) is 11.3 Å². The minimum absolute atomic E-state index is 0.103. The van der Waals surface area contributed by atoms with Crippen LogP contribution in [0.25, 0.3) is 0 Å². The molecule has 4 aromatic carbocycles. The SMILES string of the molecule is COc1ccc(C2CC(=O)C3=C(C2)Nc2ccccc2N(C(=O)c2cc(OC)c(OC)c(OC)c2)C3c2cc(OC)c(OC)c(OC)c2)cc1.